The molecule has 6 heteroatoms. The zero-order chi connectivity index (χ0) is 19.1. The summed E-state index contributed by atoms with van der Waals surface area (Å²) in [6.45, 7) is 6.48. The van der Waals surface area contributed by atoms with E-state index in [1.807, 2.05) is 29.2 Å². The Labute approximate surface area is 170 Å². The van der Waals surface area contributed by atoms with E-state index in [2.05, 4.69) is 42.4 Å². The molecule has 0 N–H and O–H groups in total. The summed E-state index contributed by atoms with van der Waals surface area (Å²) in [6, 6.07) is 7.93. The largest absolute Gasteiger partial charge is 0.378 e. The molecule has 0 bridgehead atoms. The lowest BCUT2D eigenvalue weighted by molar-refractivity contribution is -0.141. The SMILES string of the molecule is CC(C)CC(S)C(=O)CC(Cc1ccc(Br)cc1)C(=O)N1CCOCC1. The molecule has 26 heavy (non-hydrogen) atoms. The fourth-order valence-corrected chi connectivity index (χ4v) is 3.94. The highest BCUT2D eigenvalue weighted by Crippen LogP contribution is 2.22. The van der Waals surface area contributed by atoms with Gasteiger partial charge in [0, 0.05) is 29.9 Å². The normalized spacial score (nSPS) is 17.2. The van der Waals surface area contributed by atoms with Crippen LogP contribution in [0.2, 0.25) is 0 Å². The average Bonchev–Trinajstić information content (AvgIpc) is 2.62. The van der Waals surface area contributed by atoms with Crippen LogP contribution in [0.3, 0.4) is 0 Å². The van der Waals surface area contributed by atoms with Crippen LogP contribution in [-0.2, 0) is 20.7 Å². The second kappa shape index (κ2) is 10.5. The van der Waals surface area contributed by atoms with Gasteiger partial charge >= 0.3 is 0 Å². The molecular formula is C20H28BrNO3S. The Morgan fingerprint density at radius 3 is 2.38 bits per heavy atom. The van der Waals surface area contributed by atoms with Gasteiger partial charge in [-0.15, -0.1) is 0 Å². The number of Topliss-reactive ketones (excluding diaryl/α,β-unsaturated/α-hetero) is 1. The number of halogens is 1. The van der Waals surface area contributed by atoms with Crippen LogP contribution in [0, 0.1) is 11.8 Å². The number of ether oxygens (including phenoxy) is 1. The molecule has 1 aromatic carbocycles. The van der Waals surface area contributed by atoms with Gasteiger partial charge in [0.1, 0.15) is 5.78 Å². The predicted octanol–water partition coefficient (Wildman–Crippen LogP) is 3.77. The number of carbonyl (C=O) groups is 2. The van der Waals surface area contributed by atoms with E-state index in [9.17, 15) is 9.59 Å². The lowest BCUT2D eigenvalue weighted by Crippen LogP contribution is -2.45. The number of nitrogens with zero attached hydrogens (tertiary/aromatic N) is 1. The molecule has 0 aliphatic carbocycles. The molecule has 0 saturated carbocycles. The number of thiol groups is 1. The van der Waals surface area contributed by atoms with Crippen LogP contribution in [0.5, 0.6) is 0 Å². The molecule has 2 rings (SSSR count). The van der Waals surface area contributed by atoms with Crippen LogP contribution < -0.4 is 0 Å². The van der Waals surface area contributed by atoms with Gasteiger partial charge in [0.05, 0.1) is 18.5 Å². The molecule has 144 valence electrons. The topological polar surface area (TPSA) is 46.6 Å². The Morgan fingerprint density at radius 1 is 1.19 bits per heavy atom. The molecule has 1 amide bonds. The number of carbonyl (C=O) groups excluding carboxylic acids is 2. The monoisotopic (exact) mass is 441 g/mol. The summed E-state index contributed by atoms with van der Waals surface area (Å²) < 4.78 is 6.35. The highest BCUT2D eigenvalue weighted by molar-refractivity contribution is 9.10. The van der Waals surface area contributed by atoms with E-state index in [-0.39, 0.29) is 29.3 Å². The molecule has 1 aromatic rings. The van der Waals surface area contributed by atoms with Crippen LogP contribution in [0.1, 0.15) is 32.3 Å². The Morgan fingerprint density at radius 2 is 1.81 bits per heavy atom. The van der Waals surface area contributed by atoms with E-state index >= 15 is 0 Å². The summed E-state index contributed by atoms with van der Waals surface area (Å²) in [4.78, 5) is 27.5. The summed E-state index contributed by atoms with van der Waals surface area (Å²) in [6.07, 6.45) is 1.54. The Bertz CT molecular complexity index is 600. The van der Waals surface area contributed by atoms with Crippen molar-refractivity contribution in [2.45, 2.75) is 38.4 Å². The van der Waals surface area contributed by atoms with Crippen molar-refractivity contribution >= 4 is 40.2 Å². The summed E-state index contributed by atoms with van der Waals surface area (Å²) in [5, 5.41) is -0.306. The van der Waals surface area contributed by atoms with Gasteiger partial charge in [-0.3, -0.25) is 9.59 Å². The van der Waals surface area contributed by atoms with E-state index in [0.29, 0.717) is 38.6 Å². The second-order valence-electron chi connectivity index (χ2n) is 7.28. The first-order chi connectivity index (χ1) is 12.4. The number of amides is 1. The standard InChI is InChI=1S/C20H28BrNO3S/c1-14(2)11-19(26)18(23)13-16(12-15-3-5-17(21)6-4-15)20(24)22-7-9-25-10-8-22/h3-6,14,16,19,26H,7-13H2,1-2H3. The average molecular weight is 442 g/mol. The second-order valence-corrected chi connectivity index (χ2v) is 8.82. The van der Waals surface area contributed by atoms with Crippen LogP contribution >= 0.6 is 28.6 Å². The minimum absolute atomic E-state index is 0.0506. The van der Waals surface area contributed by atoms with Gasteiger partial charge in [0.25, 0.3) is 0 Å². The number of ketones is 1. The van der Waals surface area contributed by atoms with Crippen molar-refractivity contribution in [3.05, 3.63) is 34.3 Å². The minimum atomic E-state index is -0.344. The van der Waals surface area contributed by atoms with Gasteiger partial charge in [-0.25, -0.2) is 0 Å². The van der Waals surface area contributed by atoms with Crippen molar-refractivity contribution in [3.8, 4) is 0 Å². The summed E-state index contributed by atoms with van der Waals surface area (Å²) in [5.41, 5.74) is 1.06. The van der Waals surface area contributed by atoms with E-state index in [1.54, 1.807) is 0 Å². The van der Waals surface area contributed by atoms with E-state index in [4.69, 9.17) is 4.74 Å². The van der Waals surface area contributed by atoms with Crippen molar-refractivity contribution in [2.75, 3.05) is 26.3 Å². The Balaban J connectivity index is 2.10. The van der Waals surface area contributed by atoms with Gasteiger partial charge < -0.3 is 9.64 Å². The molecule has 4 nitrogen and oxygen atoms in total. The molecule has 1 fully saturated rings. The van der Waals surface area contributed by atoms with Gasteiger partial charge in [-0.1, -0.05) is 41.9 Å². The lowest BCUT2D eigenvalue weighted by Gasteiger charge is -2.30. The quantitative estimate of drug-likeness (QED) is 0.624. The molecule has 2 atom stereocenters. The molecule has 0 spiro atoms. The fourth-order valence-electron chi connectivity index (χ4n) is 3.15. The van der Waals surface area contributed by atoms with E-state index < -0.39 is 0 Å². The number of morpholine rings is 1. The predicted molar refractivity (Wildman–Crippen MR) is 111 cm³/mol. The molecule has 1 aliphatic heterocycles. The highest BCUT2D eigenvalue weighted by atomic mass is 79.9. The number of hydrogen-bond acceptors (Lipinski definition) is 4. The number of benzene rings is 1. The third-order valence-corrected chi connectivity index (χ3v) is 5.61. The number of hydrogen-bond donors (Lipinski definition) is 1. The van der Waals surface area contributed by atoms with Gasteiger partial charge in [0.15, 0.2) is 0 Å². The molecule has 0 aromatic heterocycles. The van der Waals surface area contributed by atoms with E-state index in [0.717, 1.165) is 16.5 Å². The Hall–Kier alpha value is -0.850. The summed E-state index contributed by atoms with van der Waals surface area (Å²) in [7, 11) is 0. The third kappa shape index (κ3) is 6.71. The maximum absolute atomic E-state index is 13.0. The maximum Gasteiger partial charge on any atom is 0.226 e. The number of rotatable bonds is 8. The zero-order valence-electron chi connectivity index (χ0n) is 15.5. The molecule has 1 saturated heterocycles. The van der Waals surface area contributed by atoms with Crippen molar-refractivity contribution in [2.24, 2.45) is 11.8 Å². The molecular weight excluding hydrogens is 414 g/mol. The third-order valence-electron chi connectivity index (χ3n) is 4.58. The Kier molecular flexibility index (Phi) is 8.64. The van der Waals surface area contributed by atoms with Crippen LogP contribution in [0.15, 0.2) is 28.7 Å². The maximum atomic E-state index is 13.0. The molecule has 2 unspecified atom stereocenters. The van der Waals surface area contributed by atoms with Gasteiger partial charge in [0.2, 0.25) is 5.91 Å². The van der Waals surface area contributed by atoms with Crippen molar-refractivity contribution in [3.63, 3.8) is 0 Å². The summed E-state index contributed by atoms with van der Waals surface area (Å²) >= 11 is 7.91. The zero-order valence-corrected chi connectivity index (χ0v) is 18.0. The van der Waals surface area contributed by atoms with Crippen molar-refractivity contribution < 1.29 is 14.3 Å². The highest BCUT2D eigenvalue weighted by Gasteiger charge is 2.29. The first-order valence-corrected chi connectivity index (χ1v) is 10.5. The van der Waals surface area contributed by atoms with Crippen molar-refractivity contribution in [1.29, 1.82) is 0 Å². The van der Waals surface area contributed by atoms with Crippen LogP contribution in [-0.4, -0.2) is 48.1 Å². The van der Waals surface area contributed by atoms with Gasteiger partial charge in [-0.2, -0.15) is 12.6 Å². The molecule has 1 heterocycles. The molecule has 1 aliphatic rings. The van der Waals surface area contributed by atoms with Gasteiger partial charge in [-0.05, 0) is 36.5 Å². The minimum Gasteiger partial charge on any atom is -0.378 e. The smallest absolute Gasteiger partial charge is 0.226 e. The van der Waals surface area contributed by atoms with Crippen LogP contribution in [0.4, 0.5) is 0 Å². The fraction of sp³-hybridized carbons (Fsp3) is 0.600. The molecule has 0 radical (unpaired) electrons. The lowest BCUT2D eigenvalue weighted by atomic mass is 9.90. The van der Waals surface area contributed by atoms with Crippen molar-refractivity contribution in [1.82, 2.24) is 4.90 Å². The van der Waals surface area contributed by atoms with E-state index in [1.165, 1.54) is 0 Å². The first-order valence-electron chi connectivity index (χ1n) is 9.18. The first kappa shape index (κ1) is 21.5. The summed E-state index contributed by atoms with van der Waals surface area (Å²) in [5.74, 6) is 0.172. The van der Waals surface area contributed by atoms with Crippen LogP contribution in [0.25, 0.3) is 0 Å².